The van der Waals surface area contributed by atoms with E-state index in [2.05, 4.69) is 28.6 Å². The Morgan fingerprint density at radius 1 is 1.12 bits per heavy atom. The smallest absolute Gasteiger partial charge is 0.244 e. The predicted molar refractivity (Wildman–Crippen MR) is 103 cm³/mol. The molecule has 0 saturated carbocycles. The Morgan fingerprint density at radius 2 is 1.92 bits per heavy atom. The van der Waals surface area contributed by atoms with E-state index in [4.69, 9.17) is 0 Å². The number of nitrogens with zero attached hydrogens (tertiary/aromatic N) is 2. The summed E-state index contributed by atoms with van der Waals surface area (Å²) in [6.07, 6.45) is 10.2. The zero-order valence-electron chi connectivity index (χ0n) is 14.5. The number of carbonyl (C=O) groups excluding carboxylic acids is 1. The lowest BCUT2D eigenvalue weighted by Crippen LogP contribution is -2.29. The fraction of sp³-hybridized carbons (Fsp3) is 0.182. The minimum atomic E-state index is -0.0702. The van der Waals surface area contributed by atoms with Crippen LogP contribution in [0.2, 0.25) is 0 Å². The van der Waals surface area contributed by atoms with Gasteiger partial charge in [0.1, 0.15) is 0 Å². The van der Waals surface area contributed by atoms with Gasteiger partial charge in [-0.2, -0.15) is 5.10 Å². The van der Waals surface area contributed by atoms with Gasteiger partial charge in [-0.05, 0) is 48.6 Å². The van der Waals surface area contributed by atoms with E-state index in [-0.39, 0.29) is 11.9 Å². The number of amides is 1. The third-order valence-electron chi connectivity index (χ3n) is 4.74. The maximum Gasteiger partial charge on any atom is 0.244 e. The molecule has 4 heteroatoms. The van der Waals surface area contributed by atoms with E-state index < -0.39 is 0 Å². The first kappa shape index (κ1) is 16.3. The minimum Gasteiger partial charge on any atom is -0.346 e. The fourth-order valence-electron chi connectivity index (χ4n) is 3.44. The van der Waals surface area contributed by atoms with Gasteiger partial charge in [0.2, 0.25) is 5.91 Å². The molecule has 1 atom stereocenters. The summed E-state index contributed by atoms with van der Waals surface area (Å²) in [6, 6.07) is 18.4. The molecule has 1 aliphatic carbocycles. The maximum absolute atomic E-state index is 12.3. The molecule has 0 spiro atoms. The van der Waals surface area contributed by atoms with Crippen molar-refractivity contribution in [2.75, 3.05) is 0 Å². The van der Waals surface area contributed by atoms with Gasteiger partial charge in [0.05, 0.1) is 17.9 Å². The van der Waals surface area contributed by atoms with Gasteiger partial charge in [0.15, 0.2) is 0 Å². The Hall–Kier alpha value is -3.14. The molecule has 1 aromatic heterocycles. The first-order chi connectivity index (χ1) is 12.8. The van der Waals surface area contributed by atoms with Crippen molar-refractivity contribution in [3.63, 3.8) is 0 Å². The van der Waals surface area contributed by atoms with Crippen LogP contribution in [0.1, 0.15) is 35.6 Å². The molecule has 1 aliphatic rings. The van der Waals surface area contributed by atoms with Crippen LogP contribution >= 0.6 is 0 Å². The van der Waals surface area contributed by atoms with Gasteiger partial charge in [-0.25, -0.2) is 4.68 Å². The Kier molecular flexibility index (Phi) is 4.65. The summed E-state index contributed by atoms with van der Waals surface area (Å²) in [4.78, 5) is 12.3. The molecule has 0 unspecified atom stereocenters. The predicted octanol–water partition coefficient (Wildman–Crippen LogP) is 4.08. The zero-order chi connectivity index (χ0) is 17.8. The van der Waals surface area contributed by atoms with Crippen molar-refractivity contribution < 1.29 is 4.79 Å². The van der Waals surface area contributed by atoms with Crippen LogP contribution in [-0.2, 0) is 11.2 Å². The molecule has 3 aromatic rings. The second-order valence-corrected chi connectivity index (χ2v) is 6.54. The highest BCUT2D eigenvalue weighted by atomic mass is 16.1. The fourth-order valence-corrected chi connectivity index (χ4v) is 3.44. The number of rotatable bonds is 4. The summed E-state index contributed by atoms with van der Waals surface area (Å²) in [5.41, 5.74) is 4.48. The SMILES string of the molecule is O=C(/C=C/c1cnn(-c2ccccc2)c1)N[C@H]1CCCc2ccccc21. The number of fused-ring (bicyclic) bond motifs is 1. The summed E-state index contributed by atoms with van der Waals surface area (Å²) in [7, 11) is 0. The summed E-state index contributed by atoms with van der Waals surface area (Å²) >= 11 is 0. The standard InChI is InChI=1S/C22H21N3O/c26-22(24-21-12-6-8-18-7-4-5-11-20(18)21)14-13-17-15-23-25(16-17)19-9-2-1-3-10-19/h1-5,7,9-11,13-16,21H,6,8,12H2,(H,24,26)/b14-13+/t21-/m0/s1. The summed E-state index contributed by atoms with van der Waals surface area (Å²) < 4.78 is 1.80. The lowest BCUT2D eigenvalue weighted by molar-refractivity contribution is -0.117. The van der Waals surface area contributed by atoms with Gasteiger partial charge < -0.3 is 5.32 Å². The van der Waals surface area contributed by atoms with Crippen LogP contribution in [0.5, 0.6) is 0 Å². The number of benzene rings is 2. The van der Waals surface area contributed by atoms with Gasteiger partial charge in [-0.15, -0.1) is 0 Å². The third kappa shape index (κ3) is 3.59. The van der Waals surface area contributed by atoms with Crippen LogP contribution in [0.3, 0.4) is 0 Å². The Morgan fingerprint density at radius 3 is 2.81 bits per heavy atom. The van der Waals surface area contributed by atoms with Crippen molar-refractivity contribution in [3.05, 3.63) is 89.8 Å². The molecule has 4 nitrogen and oxygen atoms in total. The van der Waals surface area contributed by atoms with Crippen molar-refractivity contribution in [1.29, 1.82) is 0 Å². The highest BCUT2D eigenvalue weighted by Crippen LogP contribution is 2.29. The van der Waals surface area contributed by atoms with Crippen LogP contribution in [0.15, 0.2) is 73.1 Å². The van der Waals surface area contributed by atoms with Crippen molar-refractivity contribution in [1.82, 2.24) is 15.1 Å². The Bertz CT molecular complexity index is 927. The highest BCUT2D eigenvalue weighted by molar-refractivity contribution is 5.92. The van der Waals surface area contributed by atoms with E-state index in [1.807, 2.05) is 42.6 Å². The monoisotopic (exact) mass is 343 g/mol. The molecular formula is C22H21N3O. The van der Waals surface area contributed by atoms with Crippen LogP contribution in [0, 0.1) is 0 Å². The second kappa shape index (κ2) is 7.40. The molecule has 1 N–H and O–H groups in total. The number of nitrogens with one attached hydrogen (secondary N) is 1. The Balaban J connectivity index is 1.42. The van der Waals surface area contributed by atoms with Gasteiger partial charge >= 0.3 is 0 Å². The van der Waals surface area contributed by atoms with Crippen molar-refractivity contribution in [3.8, 4) is 5.69 Å². The van der Waals surface area contributed by atoms with Crippen molar-refractivity contribution >= 4 is 12.0 Å². The zero-order valence-corrected chi connectivity index (χ0v) is 14.5. The van der Waals surface area contributed by atoms with Gasteiger partial charge in [0, 0.05) is 17.8 Å². The van der Waals surface area contributed by atoms with Crippen molar-refractivity contribution in [2.24, 2.45) is 0 Å². The lowest BCUT2D eigenvalue weighted by Gasteiger charge is -2.25. The topological polar surface area (TPSA) is 46.9 Å². The first-order valence-electron chi connectivity index (χ1n) is 8.96. The van der Waals surface area contributed by atoms with E-state index in [0.29, 0.717) is 0 Å². The van der Waals surface area contributed by atoms with E-state index >= 15 is 0 Å². The molecule has 0 saturated heterocycles. The molecule has 0 bridgehead atoms. The molecule has 0 aliphatic heterocycles. The Labute approximate surface area is 153 Å². The van der Waals surface area contributed by atoms with Gasteiger partial charge in [-0.1, -0.05) is 42.5 Å². The van der Waals surface area contributed by atoms with Crippen molar-refractivity contribution in [2.45, 2.75) is 25.3 Å². The van der Waals surface area contributed by atoms with E-state index in [1.54, 1.807) is 23.0 Å². The summed E-state index contributed by atoms with van der Waals surface area (Å²) in [5, 5.41) is 7.47. The quantitative estimate of drug-likeness (QED) is 0.726. The average Bonchev–Trinajstić information content (AvgIpc) is 3.17. The molecule has 1 amide bonds. The first-order valence-corrected chi connectivity index (χ1v) is 8.96. The van der Waals surface area contributed by atoms with Gasteiger partial charge in [-0.3, -0.25) is 4.79 Å². The lowest BCUT2D eigenvalue weighted by atomic mass is 9.88. The molecule has 0 fully saturated rings. The highest BCUT2D eigenvalue weighted by Gasteiger charge is 2.20. The third-order valence-corrected chi connectivity index (χ3v) is 4.74. The van der Waals surface area contributed by atoms with Gasteiger partial charge in [0.25, 0.3) is 0 Å². The van der Waals surface area contributed by atoms with Crippen LogP contribution < -0.4 is 5.32 Å². The summed E-state index contributed by atoms with van der Waals surface area (Å²) in [6.45, 7) is 0. The number of carbonyl (C=O) groups is 1. The number of hydrogen-bond donors (Lipinski definition) is 1. The van der Waals surface area contributed by atoms with Crippen LogP contribution in [0.4, 0.5) is 0 Å². The number of hydrogen-bond acceptors (Lipinski definition) is 2. The number of aryl methyl sites for hydroxylation is 1. The second-order valence-electron chi connectivity index (χ2n) is 6.54. The van der Waals surface area contributed by atoms with E-state index in [0.717, 1.165) is 30.5 Å². The minimum absolute atomic E-state index is 0.0702. The van der Waals surface area contributed by atoms with Crippen LogP contribution in [0.25, 0.3) is 11.8 Å². The number of para-hydroxylation sites is 1. The summed E-state index contributed by atoms with van der Waals surface area (Å²) in [5.74, 6) is -0.0702. The molecule has 130 valence electrons. The molecule has 1 heterocycles. The molecule has 26 heavy (non-hydrogen) atoms. The van der Waals surface area contributed by atoms with Crippen LogP contribution in [-0.4, -0.2) is 15.7 Å². The average molecular weight is 343 g/mol. The largest absolute Gasteiger partial charge is 0.346 e. The number of aromatic nitrogens is 2. The molecular weight excluding hydrogens is 322 g/mol. The van der Waals surface area contributed by atoms with E-state index in [1.165, 1.54) is 11.1 Å². The maximum atomic E-state index is 12.3. The molecule has 2 aromatic carbocycles. The normalized spacial score (nSPS) is 16.4. The van der Waals surface area contributed by atoms with E-state index in [9.17, 15) is 4.79 Å². The molecule has 4 rings (SSSR count). The molecule has 0 radical (unpaired) electrons.